The number of fused-ring (bicyclic) bond motifs is 1. The number of hydrogen-bond acceptors (Lipinski definition) is 3. The van der Waals surface area contributed by atoms with Crippen molar-refractivity contribution in [1.82, 2.24) is 14.7 Å². The highest BCUT2D eigenvalue weighted by Gasteiger charge is 2.24. The van der Waals surface area contributed by atoms with Crippen LogP contribution in [0.4, 0.5) is 5.69 Å². The number of allylic oxidation sites excluding steroid dienone is 1. The molecule has 3 aromatic rings. The molecule has 0 spiro atoms. The molecule has 0 aliphatic carbocycles. The van der Waals surface area contributed by atoms with Gasteiger partial charge in [0.2, 0.25) is 0 Å². The maximum absolute atomic E-state index is 4.59. The van der Waals surface area contributed by atoms with Crippen LogP contribution in [-0.2, 0) is 6.54 Å². The van der Waals surface area contributed by atoms with Gasteiger partial charge in [0.15, 0.2) is 0 Å². The number of nitrogens with zero attached hydrogens (tertiary/aromatic N) is 4. The Morgan fingerprint density at radius 3 is 2.27 bits per heavy atom. The standard InChI is InChI=1S/C26H30N4/c1-19(2)21-8-10-22(11-9-21)25-6-4-5-7-26(25)29-14-12-28(13-15-29)24-17-23-16-20(3)27-30(23)18-24/h4-11,16-17,19H,12-15,18H2,1-3H3. The van der Waals surface area contributed by atoms with Gasteiger partial charge >= 0.3 is 0 Å². The van der Waals surface area contributed by atoms with Crippen molar-refractivity contribution in [2.75, 3.05) is 31.1 Å². The van der Waals surface area contributed by atoms with Crippen molar-refractivity contribution < 1.29 is 0 Å². The van der Waals surface area contributed by atoms with Crippen molar-refractivity contribution in [3.05, 3.63) is 77.2 Å². The zero-order valence-electron chi connectivity index (χ0n) is 18.2. The third-order valence-corrected chi connectivity index (χ3v) is 6.38. The number of rotatable bonds is 4. The van der Waals surface area contributed by atoms with Gasteiger partial charge in [0.05, 0.1) is 17.9 Å². The molecule has 0 amide bonds. The van der Waals surface area contributed by atoms with Crippen LogP contribution in [-0.4, -0.2) is 40.9 Å². The highest BCUT2D eigenvalue weighted by atomic mass is 15.3. The SMILES string of the molecule is Cc1cc2n(n1)CC(N1CCN(c3ccccc3-c3ccc(C(C)C)cc3)CC1)=C2. The summed E-state index contributed by atoms with van der Waals surface area (Å²) in [5, 5.41) is 4.59. The quantitative estimate of drug-likeness (QED) is 0.607. The van der Waals surface area contributed by atoms with Crippen LogP contribution in [0.3, 0.4) is 0 Å². The Kier molecular flexibility index (Phi) is 4.86. The number of para-hydroxylation sites is 1. The molecule has 154 valence electrons. The van der Waals surface area contributed by atoms with E-state index in [2.05, 4.69) is 101 Å². The van der Waals surface area contributed by atoms with E-state index in [1.165, 1.54) is 33.8 Å². The predicted octanol–water partition coefficient (Wildman–Crippen LogP) is 5.16. The average Bonchev–Trinajstić information content (AvgIpc) is 3.31. The molecule has 1 fully saturated rings. The molecule has 0 bridgehead atoms. The second-order valence-electron chi connectivity index (χ2n) is 8.77. The Morgan fingerprint density at radius 1 is 0.867 bits per heavy atom. The van der Waals surface area contributed by atoms with Gasteiger partial charge in [-0.25, -0.2) is 0 Å². The Morgan fingerprint density at radius 2 is 1.57 bits per heavy atom. The molecule has 1 saturated heterocycles. The number of benzene rings is 2. The van der Waals surface area contributed by atoms with Gasteiger partial charge in [0.25, 0.3) is 0 Å². The summed E-state index contributed by atoms with van der Waals surface area (Å²) < 4.78 is 2.12. The Balaban J connectivity index is 1.31. The third kappa shape index (κ3) is 3.51. The smallest absolute Gasteiger partial charge is 0.0815 e. The molecule has 0 N–H and O–H groups in total. The van der Waals surface area contributed by atoms with Gasteiger partial charge in [-0.3, -0.25) is 4.68 Å². The number of aromatic nitrogens is 2. The van der Waals surface area contributed by atoms with Gasteiger partial charge in [-0.2, -0.15) is 5.10 Å². The maximum atomic E-state index is 4.59. The minimum absolute atomic E-state index is 0.563. The van der Waals surface area contributed by atoms with Crippen molar-refractivity contribution in [1.29, 1.82) is 0 Å². The van der Waals surface area contributed by atoms with E-state index in [1.807, 2.05) is 0 Å². The van der Waals surface area contributed by atoms with Crippen LogP contribution in [0, 0.1) is 6.92 Å². The molecule has 4 heteroatoms. The Labute approximate surface area is 179 Å². The molecule has 4 nitrogen and oxygen atoms in total. The monoisotopic (exact) mass is 398 g/mol. The lowest BCUT2D eigenvalue weighted by Crippen LogP contribution is -2.46. The van der Waals surface area contributed by atoms with Gasteiger partial charge in [-0.1, -0.05) is 56.3 Å². The molecule has 2 aliphatic heterocycles. The second kappa shape index (κ2) is 7.67. The summed E-state index contributed by atoms with van der Waals surface area (Å²) >= 11 is 0. The zero-order valence-corrected chi connectivity index (χ0v) is 18.2. The topological polar surface area (TPSA) is 24.3 Å². The lowest BCUT2D eigenvalue weighted by atomic mass is 9.97. The fourth-order valence-corrected chi connectivity index (χ4v) is 4.65. The summed E-state index contributed by atoms with van der Waals surface area (Å²) in [6.07, 6.45) is 2.31. The minimum Gasteiger partial charge on any atom is -0.370 e. The summed E-state index contributed by atoms with van der Waals surface area (Å²) in [7, 11) is 0. The Bertz CT molecular complexity index is 1070. The van der Waals surface area contributed by atoms with E-state index in [0.717, 1.165) is 38.4 Å². The van der Waals surface area contributed by atoms with E-state index in [9.17, 15) is 0 Å². The summed E-state index contributed by atoms with van der Waals surface area (Å²) in [4.78, 5) is 5.07. The Hall–Kier alpha value is -3.01. The molecule has 3 heterocycles. The van der Waals surface area contributed by atoms with Crippen molar-refractivity contribution in [3.63, 3.8) is 0 Å². The van der Waals surface area contributed by atoms with Gasteiger partial charge < -0.3 is 9.80 Å². The lowest BCUT2D eigenvalue weighted by Gasteiger charge is -2.38. The molecule has 0 radical (unpaired) electrons. The molecule has 2 aliphatic rings. The molecule has 2 aromatic carbocycles. The van der Waals surface area contributed by atoms with E-state index in [-0.39, 0.29) is 0 Å². The van der Waals surface area contributed by atoms with Gasteiger partial charge in [0, 0.05) is 43.1 Å². The van der Waals surface area contributed by atoms with Gasteiger partial charge in [-0.15, -0.1) is 0 Å². The van der Waals surface area contributed by atoms with Crippen molar-refractivity contribution in [2.24, 2.45) is 0 Å². The van der Waals surface area contributed by atoms with E-state index < -0.39 is 0 Å². The molecular weight excluding hydrogens is 368 g/mol. The molecular formula is C26H30N4. The van der Waals surface area contributed by atoms with Crippen molar-refractivity contribution in [2.45, 2.75) is 33.2 Å². The van der Waals surface area contributed by atoms with Crippen molar-refractivity contribution in [3.8, 4) is 11.1 Å². The zero-order chi connectivity index (χ0) is 20.7. The largest absolute Gasteiger partial charge is 0.370 e. The first-order valence-corrected chi connectivity index (χ1v) is 11.0. The van der Waals surface area contributed by atoms with Crippen LogP contribution >= 0.6 is 0 Å². The van der Waals surface area contributed by atoms with Crippen LogP contribution < -0.4 is 4.90 Å². The number of anilines is 1. The van der Waals surface area contributed by atoms with E-state index in [1.54, 1.807) is 0 Å². The predicted molar refractivity (Wildman–Crippen MR) is 125 cm³/mol. The first kappa shape index (κ1) is 19.0. The van der Waals surface area contributed by atoms with E-state index in [4.69, 9.17) is 0 Å². The number of aryl methyl sites for hydroxylation is 1. The molecule has 0 saturated carbocycles. The highest BCUT2D eigenvalue weighted by molar-refractivity contribution is 5.79. The fourth-order valence-electron chi connectivity index (χ4n) is 4.65. The summed E-state index contributed by atoms with van der Waals surface area (Å²) in [5.74, 6) is 0.563. The molecule has 30 heavy (non-hydrogen) atoms. The maximum Gasteiger partial charge on any atom is 0.0815 e. The second-order valence-corrected chi connectivity index (χ2v) is 8.77. The summed E-state index contributed by atoms with van der Waals surface area (Å²) in [6.45, 7) is 11.6. The first-order chi connectivity index (χ1) is 14.6. The van der Waals surface area contributed by atoms with Gasteiger partial charge in [0.1, 0.15) is 0 Å². The van der Waals surface area contributed by atoms with Crippen LogP contribution in [0.5, 0.6) is 0 Å². The van der Waals surface area contributed by atoms with Crippen LogP contribution in [0.2, 0.25) is 0 Å². The van der Waals surface area contributed by atoms with Crippen LogP contribution in [0.1, 0.15) is 36.7 Å². The lowest BCUT2D eigenvalue weighted by molar-refractivity contribution is 0.309. The minimum atomic E-state index is 0.563. The third-order valence-electron chi connectivity index (χ3n) is 6.38. The fraction of sp³-hybridized carbons (Fsp3) is 0.346. The molecule has 5 rings (SSSR count). The van der Waals surface area contributed by atoms with E-state index >= 15 is 0 Å². The first-order valence-electron chi connectivity index (χ1n) is 11.0. The molecule has 0 atom stereocenters. The highest BCUT2D eigenvalue weighted by Crippen LogP contribution is 2.33. The van der Waals surface area contributed by atoms with Crippen LogP contribution in [0.25, 0.3) is 17.2 Å². The van der Waals surface area contributed by atoms with E-state index in [0.29, 0.717) is 5.92 Å². The van der Waals surface area contributed by atoms with Crippen molar-refractivity contribution >= 4 is 11.8 Å². The summed E-state index contributed by atoms with van der Waals surface area (Å²) in [5.41, 5.74) is 9.11. The number of hydrogen-bond donors (Lipinski definition) is 0. The van der Waals surface area contributed by atoms with Gasteiger partial charge in [-0.05, 0) is 42.2 Å². The molecule has 1 aromatic heterocycles. The van der Waals surface area contributed by atoms with Crippen LogP contribution in [0.15, 0.2) is 60.3 Å². The molecule has 0 unspecified atom stereocenters. The number of piperazine rings is 1. The average molecular weight is 399 g/mol. The summed E-state index contributed by atoms with van der Waals surface area (Å²) in [6, 6.07) is 20.1. The normalized spacial score (nSPS) is 16.2.